The fourth-order valence-electron chi connectivity index (χ4n) is 4.56. The van der Waals surface area contributed by atoms with Crippen LogP contribution in [0.5, 0.6) is 0 Å². The van der Waals surface area contributed by atoms with Gasteiger partial charge in [-0.3, -0.25) is 14.2 Å². The van der Waals surface area contributed by atoms with E-state index in [1.165, 1.54) is 61.9 Å². The Kier molecular flexibility index (Phi) is 9.19. The first-order valence-corrected chi connectivity index (χ1v) is 15.1. The Labute approximate surface area is 250 Å². The lowest BCUT2D eigenvalue weighted by molar-refractivity contribution is -0.140. The van der Waals surface area contributed by atoms with E-state index >= 15 is 0 Å². The van der Waals surface area contributed by atoms with Gasteiger partial charge in [0.25, 0.3) is 5.56 Å². The lowest BCUT2D eigenvalue weighted by atomic mass is 10.1. The van der Waals surface area contributed by atoms with E-state index in [0.29, 0.717) is 23.4 Å². The van der Waals surface area contributed by atoms with Crippen LogP contribution in [-0.4, -0.2) is 51.3 Å². The summed E-state index contributed by atoms with van der Waals surface area (Å²) in [6.07, 6.45) is -4.21. The van der Waals surface area contributed by atoms with E-state index < -0.39 is 62.3 Å². The van der Waals surface area contributed by atoms with Crippen molar-refractivity contribution in [2.75, 3.05) is 12.3 Å². The highest BCUT2D eigenvalue weighted by Gasteiger charge is 2.35. The molecular formula is C30H27F4N5O4S. The monoisotopic (exact) mass is 629 g/mol. The van der Waals surface area contributed by atoms with Gasteiger partial charge < -0.3 is 4.90 Å². The Hall–Kier alpha value is -4.64. The third kappa shape index (κ3) is 6.78. The van der Waals surface area contributed by atoms with Crippen LogP contribution in [0.4, 0.5) is 17.6 Å². The lowest BCUT2D eigenvalue weighted by Crippen LogP contribution is -2.41. The lowest BCUT2D eigenvalue weighted by Gasteiger charge is -2.31. The molecule has 44 heavy (non-hydrogen) atoms. The molecule has 0 spiro atoms. The van der Waals surface area contributed by atoms with Gasteiger partial charge in [0, 0.05) is 12.7 Å². The van der Waals surface area contributed by atoms with E-state index in [1.807, 2.05) is 6.07 Å². The molecule has 0 radical (unpaired) electrons. The van der Waals surface area contributed by atoms with Gasteiger partial charge in [-0.2, -0.15) is 18.4 Å². The summed E-state index contributed by atoms with van der Waals surface area (Å²) in [6.45, 7) is 4.07. The Morgan fingerprint density at radius 3 is 2.39 bits per heavy atom. The predicted molar refractivity (Wildman–Crippen MR) is 154 cm³/mol. The van der Waals surface area contributed by atoms with E-state index in [1.54, 1.807) is 6.07 Å². The minimum atomic E-state index is -5.00. The highest BCUT2D eigenvalue weighted by molar-refractivity contribution is 7.92. The minimum Gasteiger partial charge on any atom is -0.331 e. The molecule has 1 atom stereocenters. The molecule has 0 aliphatic carbocycles. The number of pyridine rings is 1. The summed E-state index contributed by atoms with van der Waals surface area (Å²) >= 11 is 0. The molecule has 4 rings (SSSR count). The van der Waals surface area contributed by atoms with Gasteiger partial charge in [-0.05, 0) is 74.9 Å². The van der Waals surface area contributed by atoms with Gasteiger partial charge in [0.15, 0.2) is 15.5 Å². The Morgan fingerprint density at radius 2 is 1.77 bits per heavy atom. The topological polar surface area (TPSA) is 126 Å². The summed E-state index contributed by atoms with van der Waals surface area (Å²) in [7, 11) is -3.68. The van der Waals surface area contributed by atoms with E-state index in [0.717, 1.165) is 11.0 Å². The number of carbonyl (C=O) groups excluding carboxylic acids is 1. The average molecular weight is 630 g/mol. The van der Waals surface area contributed by atoms with Crippen molar-refractivity contribution in [2.45, 2.75) is 44.7 Å². The number of nitriles is 1. The molecule has 0 saturated carbocycles. The maximum absolute atomic E-state index is 13.9. The van der Waals surface area contributed by atoms with Gasteiger partial charge in [-0.25, -0.2) is 22.8 Å². The molecule has 0 saturated heterocycles. The van der Waals surface area contributed by atoms with Crippen LogP contribution < -0.4 is 5.56 Å². The number of benzene rings is 2. The summed E-state index contributed by atoms with van der Waals surface area (Å²) in [5.74, 6) is -2.76. The fraction of sp³-hybridized carbons (Fsp3) is 0.300. The van der Waals surface area contributed by atoms with Crippen molar-refractivity contribution in [1.29, 1.82) is 5.26 Å². The van der Waals surface area contributed by atoms with Crippen LogP contribution in [0, 0.1) is 17.1 Å². The number of rotatable bonds is 9. The maximum atomic E-state index is 13.9. The second-order valence-electron chi connectivity index (χ2n) is 10.3. The molecule has 4 aromatic rings. The first-order valence-electron chi connectivity index (χ1n) is 13.4. The largest absolute Gasteiger partial charge is 0.419 e. The molecule has 14 heteroatoms. The SMILES string of the molecule is CC(C)S(=O)(=O)CCN(C(=O)Cc1ccc(F)c(C(F)(F)F)c1)[C@H](C)c1nc2ncccc2c(=O)n1-c1ccc(C#N)cc1. The van der Waals surface area contributed by atoms with E-state index in [9.17, 15) is 40.8 Å². The standard InChI is InChI=1S/C30H27F4N5O4S/c1-18(2)44(42,43)14-13-38(26(40)16-21-8-11-25(31)24(15-21)30(32,33)34)19(3)28-37-27-23(5-4-12-36-27)29(41)39(28)22-9-6-20(17-35)7-10-22/h4-12,15,18-19H,13-14,16H2,1-3H3/t19-/m1/s1. The van der Waals surface area contributed by atoms with E-state index in [4.69, 9.17) is 0 Å². The van der Waals surface area contributed by atoms with Gasteiger partial charge >= 0.3 is 6.18 Å². The zero-order valence-electron chi connectivity index (χ0n) is 23.8. The maximum Gasteiger partial charge on any atom is 0.419 e. The number of hydrogen-bond acceptors (Lipinski definition) is 7. The number of carbonyl (C=O) groups is 1. The Bertz CT molecular complexity index is 1920. The third-order valence-electron chi connectivity index (χ3n) is 7.11. The van der Waals surface area contributed by atoms with E-state index in [2.05, 4.69) is 9.97 Å². The van der Waals surface area contributed by atoms with Gasteiger partial charge in [0.1, 0.15) is 11.6 Å². The van der Waals surface area contributed by atoms with Gasteiger partial charge in [0.2, 0.25) is 5.91 Å². The minimum absolute atomic E-state index is 0.00344. The quantitative estimate of drug-likeness (QED) is 0.244. The summed E-state index contributed by atoms with van der Waals surface area (Å²) < 4.78 is 80.7. The number of halogens is 4. The molecular weight excluding hydrogens is 602 g/mol. The van der Waals surface area contributed by atoms with Crippen LogP contribution in [0.15, 0.2) is 65.6 Å². The molecule has 0 aliphatic rings. The first kappa shape index (κ1) is 32.3. The van der Waals surface area contributed by atoms with Crippen LogP contribution in [0.3, 0.4) is 0 Å². The number of alkyl halides is 3. The molecule has 0 unspecified atom stereocenters. The van der Waals surface area contributed by atoms with Crippen molar-refractivity contribution >= 4 is 26.8 Å². The van der Waals surface area contributed by atoms with Gasteiger partial charge in [0.05, 0.1) is 51.7 Å². The summed E-state index contributed by atoms with van der Waals surface area (Å²) in [4.78, 5) is 37.3. The zero-order chi connectivity index (χ0) is 32.4. The number of sulfone groups is 1. The third-order valence-corrected chi connectivity index (χ3v) is 9.30. The number of nitrogens with zero attached hydrogens (tertiary/aromatic N) is 5. The Balaban J connectivity index is 1.85. The number of fused-ring (bicyclic) bond motifs is 1. The smallest absolute Gasteiger partial charge is 0.331 e. The summed E-state index contributed by atoms with van der Waals surface area (Å²) in [5, 5.41) is 8.59. The van der Waals surface area contributed by atoms with Crippen molar-refractivity contribution in [3.05, 3.63) is 99.5 Å². The van der Waals surface area contributed by atoms with Crippen molar-refractivity contribution < 1.29 is 30.8 Å². The number of amides is 1. The van der Waals surface area contributed by atoms with Crippen molar-refractivity contribution in [1.82, 2.24) is 19.4 Å². The van der Waals surface area contributed by atoms with Crippen LogP contribution in [0.2, 0.25) is 0 Å². The van der Waals surface area contributed by atoms with Crippen LogP contribution in [0.25, 0.3) is 16.7 Å². The predicted octanol–water partition coefficient (Wildman–Crippen LogP) is 4.77. The van der Waals surface area contributed by atoms with Crippen molar-refractivity contribution in [3.8, 4) is 11.8 Å². The number of aromatic nitrogens is 3. The van der Waals surface area contributed by atoms with Gasteiger partial charge in [-0.1, -0.05) is 6.07 Å². The highest BCUT2D eigenvalue weighted by Crippen LogP contribution is 2.32. The molecule has 0 N–H and O–H groups in total. The normalized spacial score (nSPS) is 12.7. The van der Waals surface area contributed by atoms with Gasteiger partial charge in [-0.15, -0.1) is 0 Å². The second-order valence-corrected chi connectivity index (χ2v) is 13.0. The molecule has 1 amide bonds. The van der Waals surface area contributed by atoms with E-state index in [-0.39, 0.29) is 29.0 Å². The summed E-state index contributed by atoms with van der Waals surface area (Å²) in [6, 6.07) is 12.1. The molecule has 0 fully saturated rings. The molecule has 2 aromatic heterocycles. The molecule has 0 aliphatic heterocycles. The average Bonchev–Trinajstić information content (AvgIpc) is 2.97. The second kappa shape index (κ2) is 12.5. The molecule has 0 bridgehead atoms. The number of hydrogen-bond donors (Lipinski definition) is 0. The van der Waals surface area contributed by atoms with Crippen LogP contribution in [-0.2, 0) is 27.2 Å². The Morgan fingerprint density at radius 1 is 1.09 bits per heavy atom. The van der Waals surface area contributed by atoms with Crippen LogP contribution in [0.1, 0.15) is 49.3 Å². The zero-order valence-corrected chi connectivity index (χ0v) is 24.7. The molecule has 2 aromatic carbocycles. The summed E-state index contributed by atoms with van der Waals surface area (Å²) in [5.41, 5.74) is -1.57. The first-order chi connectivity index (χ1) is 20.6. The van der Waals surface area contributed by atoms with Crippen molar-refractivity contribution in [3.63, 3.8) is 0 Å². The highest BCUT2D eigenvalue weighted by atomic mass is 32.2. The fourth-order valence-corrected chi connectivity index (χ4v) is 5.48. The molecule has 230 valence electrons. The molecule has 9 nitrogen and oxygen atoms in total. The van der Waals surface area contributed by atoms with Crippen molar-refractivity contribution in [2.24, 2.45) is 0 Å². The van der Waals surface area contributed by atoms with Crippen LogP contribution >= 0.6 is 0 Å². The molecule has 2 heterocycles.